The van der Waals surface area contributed by atoms with Gasteiger partial charge in [0, 0.05) is 17.0 Å². The maximum atomic E-state index is 12.6. The Hall–Kier alpha value is -2.31. The molecule has 3 aromatic rings. The summed E-state index contributed by atoms with van der Waals surface area (Å²) in [7, 11) is 0. The first-order valence-electron chi connectivity index (χ1n) is 8.81. The fourth-order valence-corrected chi connectivity index (χ4v) is 4.12. The van der Waals surface area contributed by atoms with Gasteiger partial charge >= 0.3 is 0 Å². The van der Waals surface area contributed by atoms with E-state index in [1.165, 1.54) is 0 Å². The van der Waals surface area contributed by atoms with Crippen molar-refractivity contribution in [2.24, 2.45) is 5.92 Å². The van der Waals surface area contributed by atoms with E-state index in [4.69, 9.17) is 0 Å². The summed E-state index contributed by atoms with van der Waals surface area (Å²) in [4.78, 5) is 21.5. The second-order valence-electron chi connectivity index (χ2n) is 6.93. The highest BCUT2D eigenvalue weighted by atomic mass is 32.1. The molecule has 1 aliphatic rings. The summed E-state index contributed by atoms with van der Waals surface area (Å²) in [5.41, 5.74) is 2.73. The highest BCUT2D eigenvalue weighted by Crippen LogP contribution is 2.38. The van der Waals surface area contributed by atoms with Crippen LogP contribution in [-0.2, 0) is 11.2 Å². The molecule has 1 atom stereocenters. The van der Waals surface area contributed by atoms with Crippen molar-refractivity contribution in [3.05, 3.63) is 58.2 Å². The predicted octanol–water partition coefficient (Wildman–Crippen LogP) is 3.17. The lowest BCUT2D eigenvalue weighted by atomic mass is 9.75. The van der Waals surface area contributed by atoms with Crippen LogP contribution in [0.25, 0.3) is 10.9 Å². The zero-order valence-electron chi connectivity index (χ0n) is 14.6. The molecule has 0 bridgehead atoms. The van der Waals surface area contributed by atoms with Gasteiger partial charge in [0.1, 0.15) is 0 Å². The van der Waals surface area contributed by atoms with Gasteiger partial charge in [-0.1, -0.05) is 18.2 Å². The molecule has 1 fully saturated rings. The standard InChI is InChI=1S/C20H21N3O2S/c1-12-22-16(11-26-12)9-19(25)23-20(14-7-17(24)8-14)15-6-13-4-2-3-5-18(13)21-10-15/h2-6,10-11,14,17,20,24H,7-9H2,1H3,(H,23,25)/t14?,17?,20-/m0/s1. The second-order valence-corrected chi connectivity index (χ2v) is 7.99. The van der Waals surface area contributed by atoms with E-state index in [1.54, 1.807) is 11.3 Å². The van der Waals surface area contributed by atoms with Crippen LogP contribution in [0.3, 0.4) is 0 Å². The minimum absolute atomic E-state index is 0.0464. The number of hydrogen-bond donors (Lipinski definition) is 2. The van der Waals surface area contributed by atoms with Gasteiger partial charge in [-0.3, -0.25) is 9.78 Å². The lowest BCUT2D eigenvalue weighted by Crippen LogP contribution is -2.42. The highest BCUT2D eigenvalue weighted by Gasteiger charge is 2.36. The quantitative estimate of drug-likeness (QED) is 0.726. The van der Waals surface area contributed by atoms with E-state index in [0.29, 0.717) is 12.8 Å². The summed E-state index contributed by atoms with van der Waals surface area (Å²) in [6, 6.07) is 9.90. The molecule has 1 aromatic carbocycles. The summed E-state index contributed by atoms with van der Waals surface area (Å²) in [6.45, 7) is 1.94. The predicted molar refractivity (Wildman–Crippen MR) is 102 cm³/mol. The highest BCUT2D eigenvalue weighted by molar-refractivity contribution is 7.09. The molecule has 2 aromatic heterocycles. The van der Waals surface area contributed by atoms with Gasteiger partial charge in [0.05, 0.1) is 34.8 Å². The number of fused-ring (bicyclic) bond motifs is 1. The average molecular weight is 367 g/mol. The van der Waals surface area contributed by atoms with Crippen molar-refractivity contribution >= 4 is 28.1 Å². The van der Waals surface area contributed by atoms with Crippen molar-refractivity contribution in [2.45, 2.75) is 38.3 Å². The van der Waals surface area contributed by atoms with Crippen LogP contribution in [0, 0.1) is 12.8 Å². The molecule has 134 valence electrons. The Kier molecular flexibility index (Phi) is 4.70. The fourth-order valence-electron chi connectivity index (χ4n) is 3.51. The van der Waals surface area contributed by atoms with E-state index in [0.717, 1.165) is 27.2 Å². The molecule has 0 aliphatic heterocycles. The van der Waals surface area contributed by atoms with Gasteiger partial charge in [-0.2, -0.15) is 0 Å². The molecular weight excluding hydrogens is 346 g/mol. The molecule has 0 radical (unpaired) electrons. The number of amides is 1. The van der Waals surface area contributed by atoms with Crippen molar-refractivity contribution in [1.82, 2.24) is 15.3 Å². The number of aliphatic hydroxyl groups is 1. The molecule has 5 nitrogen and oxygen atoms in total. The normalized spacial score (nSPS) is 20.5. The van der Waals surface area contributed by atoms with Crippen molar-refractivity contribution in [3.63, 3.8) is 0 Å². The fraction of sp³-hybridized carbons (Fsp3) is 0.350. The third-order valence-corrected chi connectivity index (χ3v) is 5.74. The third kappa shape index (κ3) is 3.61. The second kappa shape index (κ2) is 7.13. The summed E-state index contributed by atoms with van der Waals surface area (Å²) < 4.78 is 0. The molecule has 0 unspecified atom stereocenters. The van der Waals surface area contributed by atoms with Crippen molar-refractivity contribution < 1.29 is 9.90 Å². The SMILES string of the molecule is Cc1nc(CC(=O)N[C@H](c2cnc3ccccc3c2)C2CC(O)C2)cs1. The van der Waals surface area contributed by atoms with Crippen LogP contribution in [0.1, 0.15) is 35.1 Å². The Bertz CT molecular complexity index is 933. The monoisotopic (exact) mass is 367 g/mol. The molecule has 2 heterocycles. The molecule has 6 heteroatoms. The van der Waals surface area contributed by atoms with Crippen LogP contribution in [0.4, 0.5) is 0 Å². The van der Waals surface area contributed by atoms with E-state index < -0.39 is 0 Å². The lowest BCUT2D eigenvalue weighted by molar-refractivity contribution is -0.122. The Balaban J connectivity index is 1.56. The van der Waals surface area contributed by atoms with Gasteiger partial charge in [-0.05, 0) is 43.4 Å². The summed E-state index contributed by atoms with van der Waals surface area (Å²) >= 11 is 1.55. The number of carbonyl (C=O) groups is 1. The van der Waals surface area contributed by atoms with Gasteiger partial charge in [0.25, 0.3) is 0 Å². The minimum Gasteiger partial charge on any atom is -0.393 e. The maximum absolute atomic E-state index is 12.6. The zero-order valence-corrected chi connectivity index (χ0v) is 15.4. The van der Waals surface area contributed by atoms with Gasteiger partial charge in [0.15, 0.2) is 0 Å². The van der Waals surface area contributed by atoms with Gasteiger partial charge in [-0.15, -0.1) is 11.3 Å². The number of benzene rings is 1. The van der Waals surface area contributed by atoms with Crippen LogP contribution >= 0.6 is 11.3 Å². The minimum atomic E-state index is -0.269. The number of thiazole rings is 1. The van der Waals surface area contributed by atoms with Crippen LogP contribution in [-0.4, -0.2) is 27.1 Å². The smallest absolute Gasteiger partial charge is 0.226 e. The Labute approximate surface area is 156 Å². The Morgan fingerprint density at radius 1 is 1.38 bits per heavy atom. The van der Waals surface area contributed by atoms with Gasteiger partial charge in [-0.25, -0.2) is 4.98 Å². The van der Waals surface area contributed by atoms with E-state index >= 15 is 0 Å². The van der Waals surface area contributed by atoms with E-state index in [2.05, 4.69) is 21.4 Å². The van der Waals surface area contributed by atoms with Crippen molar-refractivity contribution in [2.75, 3.05) is 0 Å². The summed E-state index contributed by atoms with van der Waals surface area (Å²) in [5, 5.41) is 16.8. The van der Waals surface area contributed by atoms with Crippen molar-refractivity contribution in [1.29, 1.82) is 0 Å². The van der Waals surface area contributed by atoms with E-state index in [-0.39, 0.29) is 30.4 Å². The molecule has 4 rings (SSSR count). The number of aliphatic hydroxyl groups excluding tert-OH is 1. The van der Waals surface area contributed by atoms with Crippen LogP contribution in [0.2, 0.25) is 0 Å². The molecule has 26 heavy (non-hydrogen) atoms. The number of hydrogen-bond acceptors (Lipinski definition) is 5. The van der Waals surface area contributed by atoms with Crippen LogP contribution in [0.5, 0.6) is 0 Å². The number of carbonyl (C=O) groups excluding carboxylic acids is 1. The average Bonchev–Trinajstić information content (AvgIpc) is 3.01. The number of para-hydroxylation sites is 1. The lowest BCUT2D eigenvalue weighted by Gasteiger charge is -2.38. The number of aromatic nitrogens is 2. The zero-order chi connectivity index (χ0) is 18.1. The largest absolute Gasteiger partial charge is 0.393 e. The first-order chi connectivity index (χ1) is 12.6. The van der Waals surface area contributed by atoms with E-state index in [1.807, 2.05) is 42.8 Å². The number of nitrogens with zero attached hydrogens (tertiary/aromatic N) is 2. The number of pyridine rings is 1. The molecule has 1 amide bonds. The molecule has 2 N–H and O–H groups in total. The first kappa shape index (κ1) is 17.1. The van der Waals surface area contributed by atoms with Crippen LogP contribution < -0.4 is 5.32 Å². The molecule has 0 spiro atoms. The topological polar surface area (TPSA) is 75.1 Å². The van der Waals surface area contributed by atoms with Gasteiger partial charge in [0.2, 0.25) is 5.91 Å². The van der Waals surface area contributed by atoms with Crippen molar-refractivity contribution in [3.8, 4) is 0 Å². The third-order valence-electron chi connectivity index (χ3n) is 4.92. The number of nitrogens with one attached hydrogen (secondary N) is 1. The molecule has 1 aliphatic carbocycles. The Morgan fingerprint density at radius 3 is 2.92 bits per heavy atom. The number of aryl methyl sites for hydroxylation is 1. The first-order valence-corrected chi connectivity index (χ1v) is 9.69. The summed E-state index contributed by atoms with van der Waals surface area (Å²) in [6.07, 6.45) is 3.25. The van der Waals surface area contributed by atoms with Gasteiger partial charge < -0.3 is 10.4 Å². The molecule has 1 saturated carbocycles. The molecule has 0 saturated heterocycles. The summed E-state index contributed by atoms with van der Waals surface area (Å²) in [5.74, 6) is 0.184. The van der Waals surface area contributed by atoms with E-state index in [9.17, 15) is 9.90 Å². The molecular formula is C20H21N3O2S. The Morgan fingerprint density at radius 2 is 2.19 bits per heavy atom. The van der Waals surface area contributed by atoms with Crippen LogP contribution in [0.15, 0.2) is 41.9 Å². The number of rotatable bonds is 5. The maximum Gasteiger partial charge on any atom is 0.226 e.